The number of nitrogens with one attached hydrogen (secondary N) is 2. The van der Waals surface area contributed by atoms with E-state index in [4.69, 9.17) is 5.11 Å². The molecule has 4 heteroatoms. The van der Waals surface area contributed by atoms with Gasteiger partial charge in [0.15, 0.2) is 0 Å². The van der Waals surface area contributed by atoms with Crippen molar-refractivity contribution < 1.29 is 9.90 Å². The summed E-state index contributed by atoms with van der Waals surface area (Å²) >= 11 is 0. The van der Waals surface area contributed by atoms with Crippen molar-refractivity contribution in [2.24, 2.45) is 5.92 Å². The molecular formula is C20H24N2O2. The Labute approximate surface area is 142 Å². The second kappa shape index (κ2) is 7.49. The topological polar surface area (TPSA) is 61.4 Å². The highest BCUT2D eigenvalue weighted by atomic mass is 16.3. The molecular weight excluding hydrogens is 300 g/mol. The fraction of sp³-hybridized carbons (Fsp3) is 0.350. The summed E-state index contributed by atoms with van der Waals surface area (Å²) in [5.41, 5.74) is 4.57. The number of aliphatic hydroxyl groups is 1. The predicted molar refractivity (Wildman–Crippen MR) is 96.3 cm³/mol. The number of fused-ring (bicyclic) bond motifs is 1. The minimum absolute atomic E-state index is 0.0604. The molecule has 0 fully saturated rings. The molecule has 0 aliphatic heterocycles. The Morgan fingerprint density at radius 1 is 1.12 bits per heavy atom. The Balaban J connectivity index is 1.51. The molecule has 1 aliphatic rings. The number of anilines is 1. The molecule has 24 heavy (non-hydrogen) atoms. The van der Waals surface area contributed by atoms with Gasteiger partial charge in [-0.15, -0.1) is 0 Å². The highest BCUT2D eigenvalue weighted by molar-refractivity contribution is 5.94. The van der Waals surface area contributed by atoms with E-state index in [-0.39, 0.29) is 18.6 Å². The summed E-state index contributed by atoms with van der Waals surface area (Å²) in [7, 11) is 0. The molecule has 0 aromatic heterocycles. The molecule has 4 nitrogen and oxygen atoms in total. The van der Waals surface area contributed by atoms with E-state index < -0.39 is 0 Å². The lowest BCUT2D eigenvalue weighted by atomic mass is 10.1. The van der Waals surface area contributed by atoms with Crippen LogP contribution in [0.3, 0.4) is 0 Å². The molecule has 2 aromatic carbocycles. The number of carbonyl (C=O) groups is 1. The largest absolute Gasteiger partial charge is 0.394 e. The minimum Gasteiger partial charge on any atom is -0.394 e. The Morgan fingerprint density at radius 2 is 1.75 bits per heavy atom. The SMILES string of the molecule is CC(CO)NC(=O)c1ccc(NCC2Cc3ccccc3C2)cc1. The minimum atomic E-state index is -0.237. The van der Waals surface area contributed by atoms with Crippen LogP contribution in [0, 0.1) is 5.92 Å². The van der Waals surface area contributed by atoms with Crippen molar-refractivity contribution in [3.8, 4) is 0 Å². The first-order valence-corrected chi connectivity index (χ1v) is 8.48. The van der Waals surface area contributed by atoms with Gasteiger partial charge in [0.2, 0.25) is 0 Å². The summed E-state index contributed by atoms with van der Waals surface area (Å²) in [6.07, 6.45) is 2.26. The Bertz CT molecular complexity index is 672. The molecule has 126 valence electrons. The number of amides is 1. The molecule has 1 amide bonds. The third-order valence-corrected chi connectivity index (χ3v) is 4.53. The van der Waals surface area contributed by atoms with Gasteiger partial charge in [-0.25, -0.2) is 0 Å². The highest BCUT2D eigenvalue weighted by Crippen LogP contribution is 2.26. The van der Waals surface area contributed by atoms with E-state index in [1.54, 1.807) is 6.92 Å². The van der Waals surface area contributed by atoms with Gasteiger partial charge in [-0.2, -0.15) is 0 Å². The molecule has 1 aliphatic carbocycles. The van der Waals surface area contributed by atoms with Crippen LogP contribution in [0.15, 0.2) is 48.5 Å². The molecule has 0 radical (unpaired) electrons. The summed E-state index contributed by atoms with van der Waals surface area (Å²) in [4.78, 5) is 12.0. The highest BCUT2D eigenvalue weighted by Gasteiger charge is 2.20. The summed E-state index contributed by atoms with van der Waals surface area (Å²) < 4.78 is 0. The van der Waals surface area contributed by atoms with Gasteiger partial charge in [0, 0.05) is 23.8 Å². The van der Waals surface area contributed by atoms with Crippen LogP contribution in [0.5, 0.6) is 0 Å². The van der Waals surface area contributed by atoms with Crippen LogP contribution in [-0.4, -0.2) is 30.2 Å². The van der Waals surface area contributed by atoms with Gasteiger partial charge in [0.25, 0.3) is 5.91 Å². The summed E-state index contributed by atoms with van der Waals surface area (Å²) in [5, 5.41) is 15.2. The van der Waals surface area contributed by atoms with Gasteiger partial charge in [-0.3, -0.25) is 4.79 Å². The van der Waals surface area contributed by atoms with Crippen molar-refractivity contribution in [2.45, 2.75) is 25.8 Å². The maximum Gasteiger partial charge on any atom is 0.251 e. The lowest BCUT2D eigenvalue weighted by molar-refractivity contribution is 0.0922. The Hall–Kier alpha value is -2.33. The second-order valence-electron chi connectivity index (χ2n) is 6.56. The molecule has 0 spiro atoms. The van der Waals surface area contributed by atoms with Crippen molar-refractivity contribution in [3.05, 3.63) is 65.2 Å². The molecule has 0 saturated heterocycles. The fourth-order valence-corrected chi connectivity index (χ4v) is 3.15. The maximum atomic E-state index is 12.0. The van der Waals surface area contributed by atoms with E-state index in [0.717, 1.165) is 25.1 Å². The molecule has 3 N–H and O–H groups in total. The smallest absolute Gasteiger partial charge is 0.251 e. The lowest BCUT2D eigenvalue weighted by Gasteiger charge is -2.13. The normalized spacial score (nSPS) is 14.9. The summed E-state index contributed by atoms with van der Waals surface area (Å²) in [6, 6.07) is 15.9. The van der Waals surface area contributed by atoms with Crippen LogP contribution < -0.4 is 10.6 Å². The number of aliphatic hydroxyl groups excluding tert-OH is 1. The van der Waals surface area contributed by atoms with Gasteiger partial charge in [-0.1, -0.05) is 24.3 Å². The van der Waals surface area contributed by atoms with Crippen molar-refractivity contribution in [2.75, 3.05) is 18.5 Å². The van der Waals surface area contributed by atoms with Crippen LogP contribution in [-0.2, 0) is 12.8 Å². The number of carbonyl (C=O) groups excluding carboxylic acids is 1. The van der Waals surface area contributed by atoms with Gasteiger partial charge in [-0.05, 0) is 61.1 Å². The number of rotatable bonds is 6. The van der Waals surface area contributed by atoms with Crippen LogP contribution in [0.25, 0.3) is 0 Å². The standard InChI is InChI=1S/C20H24N2O2/c1-14(13-23)22-20(24)16-6-8-19(9-7-16)21-12-15-10-17-4-2-3-5-18(17)11-15/h2-9,14-15,21,23H,10-13H2,1H3,(H,22,24). The average molecular weight is 324 g/mol. The first-order valence-electron chi connectivity index (χ1n) is 8.48. The van der Waals surface area contributed by atoms with Crippen molar-refractivity contribution in [1.29, 1.82) is 0 Å². The van der Waals surface area contributed by atoms with E-state index in [1.165, 1.54) is 11.1 Å². The van der Waals surface area contributed by atoms with Crippen LogP contribution >= 0.6 is 0 Å². The van der Waals surface area contributed by atoms with E-state index in [2.05, 4.69) is 34.9 Å². The van der Waals surface area contributed by atoms with Crippen molar-refractivity contribution in [1.82, 2.24) is 5.32 Å². The van der Waals surface area contributed by atoms with Crippen molar-refractivity contribution in [3.63, 3.8) is 0 Å². The molecule has 1 atom stereocenters. The molecule has 0 bridgehead atoms. The molecule has 2 aromatic rings. The Morgan fingerprint density at radius 3 is 2.33 bits per heavy atom. The number of hydrogen-bond donors (Lipinski definition) is 3. The van der Waals surface area contributed by atoms with Crippen LogP contribution in [0.1, 0.15) is 28.4 Å². The summed E-state index contributed by atoms with van der Waals surface area (Å²) in [5.74, 6) is 0.463. The quantitative estimate of drug-likeness (QED) is 0.765. The molecule has 0 heterocycles. The van der Waals surface area contributed by atoms with E-state index in [1.807, 2.05) is 24.3 Å². The van der Waals surface area contributed by atoms with Crippen LogP contribution in [0.2, 0.25) is 0 Å². The molecule has 0 saturated carbocycles. The van der Waals surface area contributed by atoms with Crippen molar-refractivity contribution >= 4 is 11.6 Å². The predicted octanol–water partition coefficient (Wildman–Crippen LogP) is 2.62. The first-order chi connectivity index (χ1) is 11.7. The maximum absolute atomic E-state index is 12.0. The first kappa shape index (κ1) is 16.5. The monoisotopic (exact) mass is 324 g/mol. The van der Waals surface area contributed by atoms with E-state index in [9.17, 15) is 4.79 Å². The number of hydrogen-bond acceptors (Lipinski definition) is 3. The fourth-order valence-electron chi connectivity index (χ4n) is 3.15. The zero-order valence-electron chi connectivity index (χ0n) is 14.0. The molecule has 3 rings (SSSR count). The molecule has 1 unspecified atom stereocenters. The summed E-state index contributed by atoms with van der Waals surface area (Å²) in [6.45, 7) is 2.64. The van der Waals surface area contributed by atoms with Gasteiger partial charge in [0.05, 0.1) is 6.61 Å². The van der Waals surface area contributed by atoms with E-state index >= 15 is 0 Å². The van der Waals surface area contributed by atoms with Gasteiger partial charge >= 0.3 is 0 Å². The zero-order chi connectivity index (χ0) is 16.9. The average Bonchev–Trinajstić information content (AvgIpc) is 3.03. The van der Waals surface area contributed by atoms with Crippen LogP contribution in [0.4, 0.5) is 5.69 Å². The van der Waals surface area contributed by atoms with E-state index in [0.29, 0.717) is 11.5 Å². The van der Waals surface area contributed by atoms with Gasteiger partial charge < -0.3 is 15.7 Å². The third kappa shape index (κ3) is 3.95. The Kier molecular flexibility index (Phi) is 5.16. The van der Waals surface area contributed by atoms with Gasteiger partial charge in [0.1, 0.15) is 0 Å². The number of benzene rings is 2. The zero-order valence-corrected chi connectivity index (χ0v) is 14.0. The second-order valence-corrected chi connectivity index (χ2v) is 6.56. The lowest BCUT2D eigenvalue weighted by Crippen LogP contribution is -2.34. The third-order valence-electron chi connectivity index (χ3n) is 4.53.